The summed E-state index contributed by atoms with van der Waals surface area (Å²) in [6.07, 6.45) is 13.3. The fourth-order valence-corrected chi connectivity index (χ4v) is 2.99. The molecule has 0 bridgehead atoms. The van der Waals surface area contributed by atoms with Crippen molar-refractivity contribution in [1.29, 1.82) is 0 Å². The lowest BCUT2D eigenvalue weighted by Gasteiger charge is -2.07. The number of ketones is 1. The first kappa shape index (κ1) is 11.0. The molecular formula is C15H17N3O. The van der Waals surface area contributed by atoms with Crippen molar-refractivity contribution in [2.24, 2.45) is 0 Å². The molecule has 4 nitrogen and oxygen atoms in total. The highest BCUT2D eigenvalue weighted by atomic mass is 16.1. The first-order valence-corrected chi connectivity index (χ1v) is 7.04. The maximum atomic E-state index is 11.9. The van der Waals surface area contributed by atoms with E-state index in [0.717, 1.165) is 24.9 Å². The summed E-state index contributed by atoms with van der Waals surface area (Å²) in [7, 11) is 0. The second-order valence-corrected chi connectivity index (χ2v) is 5.67. The highest BCUT2D eigenvalue weighted by Gasteiger charge is 2.25. The highest BCUT2D eigenvalue weighted by molar-refractivity contribution is 5.98. The van der Waals surface area contributed by atoms with Crippen LogP contribution in [0, 0.1) is 0 Å². The molecule has 1 fully saturated rings. The Labute approximate surface area is 112 Å². The Kier molecular flexibility index (Phi) is 2.37. The van der Waals surface area contributed by atoms with Crippen molar-refractivity contribution in [1.82, 2.24) is 14.1 Å². The Morgan fingerprint density at radius 1 is 1.26 bits per heavy atom. The Morgan fingerprint density at radius 2 is 2.16 bits per heavy atom. The van der Waals surface area contributed by atoms with E-state index < -0.39 is 0 Å². The van der Waals surface area contributed by atoms with Crippen LogP contribution < -0.4 is 0 Å². The fourth-order valence-electron chi connectivity index (χ4n) is 2.99. The standard InChI is InChI=1S/C15H17N3O/c19-15-3-1-2-11-7-17(9-14(11)15)8-13-6-16-10-18(13)12-4-5-12/h6-7,9-10,12H,1-5,8H2. The van der Waals surface area contributed by atoms with Crippen molar-refractivity contribution in [3.8, 4) is 0 Å². The number of fused-ring (bicyclic) bond motifs is 1. The normalized spacial score (nSPS) is 18.6. The van der Waals surface area contributed by atoms with Gasteiger partial charge in [0.25, 0.3) is 0 Å². The highest BCUT2D eigenvalue weighted by Crippen LogP contribution is 2.35. The minimum absolute atomic E-state index is 0.302. The lowest BCUT2D eigenvalue weighted by molar-refractivity contribution is 0.0973. The summed E-state index contributed by atoms with van der Waals surface area (Å²) in [5.41, 5.74) is 3.39. The zero-order valence-electron chi connectivity index (χ0n) is 10.9. The molecule has 2 heterocycles. The van der Waals surface area contributed by atoms with Gasteiger partial charge in [0.05, 0.1) is 18.6 Å². The van der Waals surface area contributed by atoms with Gasteiger partial charge in [-0.05, 0) is 31.2 Å². The second kappa shape index (κ2) is 4.08. The van der Waals surface area contributed by atoms with Crippen LogP contribution >= 0.6 is 0 Å². The SMILES string of the molecule is O=C1CCCc2cn(Cc3cncn3C3CC3)cc21. The van der Waals surface area contributed by atoms with Gasteiger partial charge in [0.1, 0.15) is 0 Å². The number of Topliss-reactive ketones (excluding diaryl/α,β-unsaturated/α-hetero) is 1. The molecule has 4 rings (SSSR count). The van der Waals surface area contributed by atoms with Crippen molar-refractivity contribution in [3.05, 3.63) is 41.7 Å². The molecule has 0 aliphatic heterocycles. The number of imidazole rings is 1. The fraction of sp³-hybridized carbons (Fsp3) is 0.467. The van der Waals surface area contributed by atoms with Crippen LogP contribution in [0.25, 0.3) is 0 Å². The maximum Gasteiger partial charge on any atom is 0.164 e. The third-order valence-electron chi connectivity index (χ3n) is 4.14. The first-order chi connectivity index (χ1) is 9.31. The smallest absolute Gasteiger partial charge is 0.164 e. The van der Waals surface area contributed by atoms with E-state index in [1.54, 1.807) is 0 Å². The largest absolute Gasteiger partial charge is 0.347 e. The molecule has 0 saturated heterocycles. The number of hydrogen-bond donors (Lipinski definition) is 0. The van der Waals surface area contributed by atoms with Crippen molar-refractivity contribution in [2.45, 2.75) is 44.7 Å². The summed E-state index contributed by atoms with van der Waals surface area (Å²) < 4.78 is 4.42. The lowest BCUT2D eigenvalue weighted by atomic mass is 9.95. The first-order valence-electron chi connectivity index (χ1n) is 7.04. The average Bonchev–Trinajstić information content (AvgIpc) is 2.99. The molecule has 0 spiro atoms. The minimum atomic E-state index is 0.302. The molecule has 19 heavy (non-hydrogen) atoms. The zero-order valence-corrected chi connectivity index (χ0v) is 10.9. The van der Waals surface area contributed by atoms with Crippen LogP contribution in [0.3, 0.4) is 0 Å². The summed E-state index contributed by atoms with van der Waals surface area (Å²) in [5.74, 6) is 0.302. The Morgan fingerprint density at radius 3 is 2.95 bits per heavy atom. The van der Waals surface area contributed by atoms with Gasteiger partial charge >= 0.3 is 0 Å². The van der Waals surface area contributed by atoms with E-state index >= 15 is 0 Å². The maximum absolute atomic E-state index is 11.9. The third-order valence-corrected chi connectivity index (χ3v) is 4.14. The van der Waals surface area contributed by atoms with Crippen LogP contribution in [0.2, 0.25) is 0 Å². The van der Waals surface area contributed by atoms with Gasteiger partial charge < -0.3 is 9.13 Å². The van der Waals surface area contributed by atoms with Gasteiger partial charge in [0.2, 0.25) is 0 Å². The predicted octanol–water partition coefficient (Wildman–Crippen LogP) is 2.59. The van der Waals surface area contributed by atoms with Crippen molar-refractivity contribution in [3.63, 3.8) is 0 Å². The monoisotopic (exact) mass is 255 g/mol. The van der Waals surface area contributed by atoms with Crippen molar-refractivity contribution in [2.75, 3.05) is 0 Å². The van der Waals surface area contributed by atoms with Crippen LogP contribution in [0.5, 0.6) is 0 Å². The molecular weight excluding hydrogens is 238 g/mol. The van der Waals surface area contributed by atoms with Crippen LogP contribution in [-0.2, 0) is 13.0 Å². The van der Waals surface area contributed by atoms with Crippen molar-refractivity contribution < 1.29 is 4.79 Å². The van der Waals surface area contributed by atoms with E-state index in [1.165, 1.54) is 24.1 Å². The van der Waals surface area contributed by atoms with Gasteiger partial charge in [-0.25, -0.2) is 4.98 Å². The number of nitrogens with zero attached hydrogens (tertiary/aromatic N) is 3. The van der Waals surface area contributed by atoms with E-state index in [4.69, 9.17) is 0 Å². The Bertz CT molecular complexity index is 634. The molecule has 98 valence electrons. The molecule has 0 unspecified atom stereocenters. The molecule has 2 aromatic heterocycles. The van der Waals surface area contributed by atoms with Crippen LogP contribution in [0.15, 0.2) is 24.9 Å². The summed E-state index contributed by atoms with van der Waals surface area (Å²) in [6.45, 7) is 0.816. The van der Waals surface area contributed by atoms with E-state index in [2.05, 4.69) is 20.3 Å². The molecule has 0 radical (unpaired) electrons. The summed E-state index contributed by atoms with van der Waals surface area (Å²) >= 11 is 0. The number of carbonyl (C=O) groups is 1. The molecule has 0 amide bonds. The Hall–Kier alpha value is -1.84. The molecule has 0 aromatic carbocycles. The van der Waals surface area contributed by atoms with E-state index in [-0.39, 0.29) is 0 Å². The number of rotatable bonds is 3. The number of aryl methyl sites for hydroxylation is 1. The van der Waals surface area contributed by atoms with Gasteiger partial charge in [-0.15, -0.1) is 0 Å². The van der Waals surface area contributed by atoms with Crippen molar-refractivity contribution >= 4 is 5.78 Å². The third kappa shape index (κ3) is 1.91. The summed E-state index contributed by atoms with van der Waals surface area (Å²) in [6, 6.07) is 0.657. The van der Waals surface area contributed by atoms with Crippen LogP contribution in [-0.4, -0.2) is 19.9 Å². The van der Waals surface area contributed by atoms with E-state index in [1.807, 2.05) is 18.7 Å². The van der Waals surface area contributed by atoms with Gasteiger partial charge in [-0.1, -0.05) is 0 Å². The molecule has 2 aliphatic rings. The topological polar surface area (TPSA) is 39.8 Å². The summed E-state index contributed by atoms with van der Waals surface area (Å²) in [5, 5.41) is 0. The molecule has 2 aromatic rings. The molecule has 1 saturated carbocycles. The lowest BCUT2D eigenvalue weighted by Crippen LogP contribution is -2.07. The Balaban J connectivity index is 1.63. The van der Waals surface area contributed by atoms with Gasteiger partial charge in [0.15, 0.2) is 5.78 Å². The molecule has 2 aliphatic carbocycles. The van der Waals surface area contributed by atoms with Gasteiger partial charge in [-0.2, -0.15) is 0 Å². The van der Waals surface area contributed by atoms with E-state index in [9.17, 15) is 4.79 Å². The molecule has 0 N–H and O–H groups in total. The second-order valence-electron chi connectivity index (χ2n) is 5.67. The van der Waals surface area contributed by atoms with Crippen LogP contribution in [0.4, 0.5) is 0 Å². The zero-order chi connectivity index (χ0) is 12.8. The van der Waals surface area contributed by atoms with E-state index in [0.29, 0.717) is 18.2 Å². The predicted molar refractivity (Wildman–Crippen MR) is 71.3 cm³/mol. The number of aromatic nitrogens is 3. The summed E-state index contributed by atoms with van der Waals surface area (Å²) in [4.78, 5) is 16.1. The quantitative estimate of drug-likeness (QED) is 0.845. The minimum Gasteiger partial charge on any atom is -0.347 e. The van der Waals surface area contributed by atoms with Gasteiger partial charge in [-0.3, -0.25) is 4.79 Å². The molecule has 4 heteroatoms. The molecule has 0 atom stereocenters. The van der Waals surface area contributed by atoms with Crippen LogP contribution in [0.1, 0.15) is 53.3 Å². The number of hydrogen-bond acceptors (Lipinski definition) is 2. The average molecular weight is 255 g/mol. The van der Waals surface area contributed by atoms with Gasteiger partial charge in [0, 0.05) is 36.6 Å². The number of carbonyl (C=O) groups excluding carboxylic acids is 1.